The Balaban J connectivity index is 2.02. The maximum Gasteiger partial charge on any atom is 0.445 e. The van der Waals surface area contributed by atoms with Crippen molar-refractivity contribution in [2.75, 3.05) is 0 Å². The second kappa shape index (κ2) is 6.50. The molecule has 0 N–H and O–H groups in total. The molecule has 0 amide bonds. The van der Waals surface area contributed by atoms with Gasteiger partial charge in [0.2, 0.25) is 10.1 Å². The van der Waals surface area contributed by atoms with Gasteiger partial charge in [-0.05, 0) is 31.2 Å². The van der Waals surface area contributed by atoms with Crippen LogP contribution in [0.3, 0.4) is 0 Å². The van der Waals surface area contributed by atoms with E-state index in [2.05, 4.69) is 15.2 Å². The van der Waals surface area contributed by atoms with Crippen molar-refractivity contribution in [1.82, 2.24) is 14.8 Å². The molecule has 3 rings (SSSR count). The zero-order chi connectivity index (χ0) is 19.1. The molecule has 0 bridgehead atoms. The molecule has 0 spiro atoms. The SMILES string of the molecule is Cc1cn(-c2ccc(C(F)(F)F)cc2)/c(=N/c2nnc(C(F)(F)F)s2)s1. The van der Waals surface area contributed by atoms with Crippen molar-refractivity contribution in [2.45, 2.75) is 19.3 Å². The third-order valence-electron chi connectivity index (χ3n) is 3.09. The van der Waals surface area contributed by atoms with Gasteiger partial charge in [0.15, 0.2) is 4.80 Å². The highest BCUT2D eigenvalue weighted by molar-refractivity contribution is 7.15. The van der Waals surface area contributed by atoms with E-state index in [9.17, 15) is 26.3 Å². The highest BCUT2D eigenvalue weighted by atomic mass is 32.1. The number of benzene rings is 1. The molecule has 0 unspecified atom stereocenters. The lowest BCUT2D eigenvalue weighted by Gasteiger charge is -2.08. The zero-order valence-corrected chi connectivity index (χ0v) is 14.4. The summed E-state index contributed by atoms with van der Waals surface area (Å²) in [7, 11) is 0. The zero-order valence-electron chi connectivity index (χ0n) is 12.8. The van der Waals surface area contributed by atoms with Gasteiger partial charge in [-0.15, -0.1) is 21.5 Å². The topological polar surface area (TPSA) is 43.1 Å². The summed E-state index contributed by atoms with van der Waals surface area (Å²) in [5.74, 6) is 0. The first-order chi connectivity index (χ1) is 12.0. The van der Waals surface area contributed by atoms with Crippen LogP contribution >= 0.6 is 22.7 Å². The van der Waals surface area contributed by atoms with Crippen LogP contribution in [-0.4, -0.2) is 14.8 Å². The average molecular weight is 410 g/mol. The number of hydrogen-bond donors (Lipinski definition) is 0. The summed E-state index contributed by atoms with van der Waals surface area (Å²) >= 11 is 1.45. The molecular formula is C14H8F6N4S2. The molecule has 0 saturated heterocycles. The van der Waals surface area contributed by atoms with Crippen LogP contribution in [0.4, 0.5) is 31.5 Å². The van der Waals surface area contributed by atoms with E-state index in [0.717, 1.165) is 28.3 Å². The monoisotopic (exact) mass is 410 g/mol. The fraction of sp³-hybridized carbons (Fsp3) is 0.214. The van der Waals surface area contributed by atoms with Crippen LogP contribution < -0.4 is 4.80 Å². The Labute approximate surface area is 150 Å². The number of rotatable bonds is 2. The minimum Gasteiger partial charge on any atom is -0.292 e. The van der Waals surface area contributed by atoms with Crippen LogP contribution in [0.15, 0.2) is 35.5 Å². The number of alkyl halides is 6. The molecule has 0 radical (unpaired) electrons. The standard InChI is InChI=1S/C14H8F6N4S2/c1-7-6-24(9-4-2-8(3-5-9)13(15,16)17)12(25-7)21-11-23-22-10(26-11)14(18,19)20/h2-6H,1H3/b21-12-. The van der Waals surface area contributed by atoms with Crippen molar-refractivity contribution in [3.8, 4) is 5.69 Å². The van der Waals surface area contributed by atoms with Gasteiger partial charge in [-0.3, -0.25) is 4.57 Å². The average Bonchev–Trinajstić information content (AvgIpc) is 3.13. The number of aromatic nitrogens is 3. The Morgan fingerprint density at radius 1 is 0.923 bits per heavy atom. The molecule has 2 heterocycles. The maximum atomic E-state index is 12.7. The van der Waals surface area contributed by atoms with Crippen molar-refractivity contribution in [3.05, 3.63) is 50.7 Å². The summed E-state index contributed by atoms with van der Waals surface area (Å²) in [4.78, 5) is 5.09. The molecule has 0 fully saturated rings. The molecule has 138 valence electrons. The molecule has 0 aliphatic heterocycles. The van der Waals surface area contributed by atoms with Crippen molar-refractivity contribution < 1.29 is 26.3 Å². The van der Waals surface area contributed by atoms with E-state index >= 15 is 0 Å². The van der Waals surface area contributed by atoms with E-state index in [1.807, 2.05) is 0 Å². The van der Waals surface area contributed by atoms with Gasteiger partial charge >= 0.3 is 12.4 Å². The minimum absolute atomic E-state index is 0.195. The Morgan fingerprint density at radius 3 is 2.12 bits per heavy atom. The molecule has 4 nitrogen and oxygen atoms in total. The van der Waals surface area contributed by atoms with Crippen LogP contribution in [0.1, 0.15) is 15.4 Å². The fourth-order valence-corrected chi connectivity index (χ4v) is 3.46. The van der Waals surface area contributed by atoms with Gasteiger partial charge in [-0.25, -0.2) is 0 Å². The molecule has 0 atom stereocenters. The minimum atomic E-state index is -4.61. The molecule has 0 aliphatic carbocycles. The van der Waals surface area contributed by atoms with Gasteiger partial charge in [-0.1, -0.05) is 11.3 Å². The number of halogens is 6. The Morgan fingerprint density at radius 2 is 1.58 bits per heavy atom. The number of thiazole rings is 1. The normalized spacial score (nSPS) is 13.4. The molecule has 3 aromatic rings. The number of hydrogen-bond acceptors (Lipinski definition) is 5. The lowest BCUT2D eigenvalue weighted by atomic mass is 10.2. The lowest BCUT2D eigenvalue weighted by Crippen LogP contribution is -2.12. The second-order valence-electron chi connectivity index (χ2n) is 5.04. The number of nitrogens with zero attached hydrogens (tertiary/aromatic N) is 4. The van der Waals surface area contributed by atoms with Crippen LogP contribution in [0.5, 0.6) is 0 Å². The first kappa shape index (κ1) is 18.6. The van der Waals surface area contributed by atoms with Crippen molar-refractivity contribution in [3.63, 3.8) is 0 Å². The highest BCUT2D eigenvalue weighted by Crippen LogP contribution is 2.34. The molecule has 0 saturated carbocycles. The molecule has 0 aliphatic rings. The lowest BCUT2D eigenvalue weighted by molar-refractivity contribution is -0.138. The Bertz CT molecular complexity index is 979. The Hall–Kier alpha value is -2.21. The third kappa shape index (κ3) is 3.96. The van der Waals surface area contributed by atoms with Crippen LogP contribution in [-0.2, 0) is 12.4 Å². The van der Waals surface area contributed by atoms with E-state index in [-0.39, 0.29) is 21.3 Å². The van der Waals surface area contributed by atoms with Gasteiger partial charge in [0.25, 0.3) is 0 Å². The summed E-state index contributed by atoms with van der Waals surface area (Å²) in [6, 6.07) is 4.36. The van der Waals surface area contributed by atoms with E-state index in [1.54, 1.807) is 13.1 Å². The summed E-state index contributed by atoms with van der Waals surface area (Å²) < 4.78 is 77.3. The molecule has 1 aromatic carbocycles. The summed E-state index contributed by atoms with van der Waals surface area (Å²) in [5.41, 5.74) is -0.409. The quantitative estimate of drug-likeness (QED) is 0.560. The third-order valence-corrected chi connectivity index (χ3v) is 4.85. The van der Waals surface area contributed by atoms with Gasteiger partial charge in [-0.2, -0.15) is 31.3 Å². The van der Waals surface area contributed by atoms with Crippen molar-refractivity contribution in [2.24, 2.45) is 4.99 Å². The largest absolute Gasteiger partial charge is 0.445 e. The smallest absolute Gasteiger partial charge is 0.292 e. The molecule has 2 aromatic heterocycles. The molecular weight excluding hydrogens is 402 g/mol. The Kier molecular flexibility index (Phi) is 4.65. The summed E-state index contributed by atoms with van der Waals surface area (Å²) in [5, 5.41) is 5.13. The second-order valence-corrected chi connectivity index (χ2v) is 7.21. The predicted molar refractivity (Wildman–Crippen MR) is 83.5 cm³/mol. The first-order valence-electron chi connectivity index (χ1n) is 6.86. The van der Waals surface area contributed by atoms with E-state index in [0.29, 0.717) is 5.69 Å². The van der Waals surface area contributed by atoms with Crippen molar-refractivity contribution in [1.29, 1.82) is 0 Å². The van der Waals surface area contributed by atoms with Crippen LogP contribution in [0, 0.1) is 6.92 Å². The molecule has 26 heavy (non-hydrogen) atoms. The fourth-order valence-electron chi connectivity index (χ4n) is 1.99. The number of aryl methyl sites for hydroxylation is 1. The van der Waals surface area contributed by atoms with E-state index in [1.165, 1.54) is 16.7 Å². The first-order valence-corrected chi connectivity index (χ1v) is 8.49. The van der Waals surface area contributed by atoms with Crippen LogP contribution in [0.2, 0.25) is 0 Å². The van der Waals surface area contributed by atoms with E-state index in [4.69, 9.17) is 0 Å². The highest BCUT2D eigenvalue weighted by Gasteiger charge is 2.35. The predicted octanol–water partition coefficient (Wildman–Crippen LogP) is 4.97. The summed E-state index contributed by atoms with van der Waals surface area (Å²) in [6.45, 7) is 1.74. The van der Waals surface area contributed by atoms with Gasteiger partial charge in [0, 0.05) is 16.8 Å². The van der Waals surface area contributed by atoms with E-state index < -0.39 is 22.9 Å². The van der Waals surface area contributed by atoms with Gasteiger partial charge < -0.3 is 0 Å². The molecule has 12 heteroatoms. The van der Waals surface area contributed by atoms with Crippen molar-refractivity contribution >= 4 is 27.8 Å². The maximum absolute atomic E-state index is 12.7. The summed E-state index contributed by atoms with van der Waals surface area (Å²) in [6.07, 6.45) is -7.44. The van der Waals surface area contributed by atoms with Crippen LogP contribution in [0.25, 0.3) is 5.69 Å². The van der Waals surface area contributed by atoms with Gasteiger partial charge in [0.1, 0.15) is 0 Å². The van der Waals surface area contributed by atoms with Gasteiger partial charge in [0.05, 0.1) is 5.56 Å².